The third-order valence-corrected chi connectivity index (χ3v) is 35.9. The maximum atomic E-state index is 7.20. The van der Waals surface area contributed by atoms with E-state index in [0.717, 1.165) is 169 Å². The maximum Gasteiger partial charge on any atom is 0.241 e. The minimum absolute atomic E-state index is 0.377. The van der Waals surface area contributed by atoms with E-state index in [1.54, 1.807) is 0 Å². The molecule has 0 N–H and O–H groups in total. The van der Waals surface area contributed by atoms with Gasteiger partial charge >= 0.3 is 0 Å². The molecule has 0 aliphatic rings. The van der Waals surface area contributed by atoms with Crippen LogP contribution in [0.25, 0.3) is 190 Å². The normalized spacial score (nSPS) is 12.4. The van der Waals surface area contributed by atoms with Gasteiger partial charge in [-0.25, -0.2) is 48.6 Å². The van der Waals surface area contributed by atoms with Crippen LogP contribution in [0, 0.1) is 0 Å². The largest absolute Gasteiger partial charge is 0.456 e. The van der Waals surface area contributed by atoms with E-state index >= 15 is 0 Å². The third kappa shape index (κ3) is 10.4. The molecule has 0 atom stereocenters. The number of fused-ring (bicyclic) bond motifs is 24. The fourth-order valence-corrected chi connectivity index (χ4v) is 30.2. The minimum Gasteiger partial charge on any atom is -0.456 e. The highest BCUT2D eigenvalue weighted by molar-refractivity contribution is 7.20. The molecule has 17 aromatic carbocycles. The van der Waals surface area contributed by atoms with E-state index in [-0.39, 0.29) is 0 Å². The molecule has 612 valence electrons. The predicted molar refractivity (Wildman–Crippen MR) is 531 cm³/mol. The number of rotatable bonds is 14. The van der Waals surface area contributed by atoms with Crippen molar-refractivity contribution in [3.8, 4) is 40.6 Å². The van der Waals surface area contributed by atoms with Gasteiger partial charge in [0.1, 0.15) is 22.1 Å². The van der Waals surface area contributed by atoms with Crippen LogP contribution in [-0.4, -0.2) is 97.0 Å². The number of imidazole rings is 6. The molecule has 0 saturated carbocycles. The first-order valence-corrected chi connectivity index (χ1v) is 47.9. The third-order valence-electron chi connectivity index (χ3n) is 26.9. The summed E-state index contributed by atoms with van der Waals surface area (Å²) >= 11 is 0. The van der Waals surface area contributed by atoms with Gasteiger partial charge in [0, 0.05) is 43.2 Å². The minimum atomic E-state index is -3.81. The first kappa shape index (κ1) is 72.7. The highest BCUT2D eigenvalue weighted by Crippen LogP contribution is 2.40. The topological polar surface area (TPSA) is 167 Å². The second kappa shape index (κ2) is 28.0. The predicted octanol–water partition coefficient (Wildman–Crippen LogP) is 18.8. The van der Waals surface area contributed by atoms with E-state index in [2.05, 4.69) is 436 Å². The molecule has 0 saturated heterocycles. The molecule has 0 aliphatic heterocycles. The van der Waals surface area contributed by atoms with Gasteiger partial charge in [-0.3, -0.25) is 17.8 Å². The van der Waals surface area contributed by atoms with Gasteiger partial charge in [-0.05, 0) is 158 Å². The Labute approximate surface area is 746 Å². The van der Waals surface area contributed by atoms with Crippen molar-refractivity contribution < 1.29 is 4.42 Å². The fraction of sp³-hybridized carbons (Fsp3) is 0. The first-order chi connectivity index (χ1) is 65.0. The van der Waals surface area contributed by atoms with Crippen LogP contribution in [0.2, 0.25) is 0 Å². The number of benzene rings is 17. The number of hydrogen-bond donors (Lipinski definition) is 0. The second-order valence-electron chi connectivity index (χ2n) is 33.7. The lowest BCUT2D eigenvalue weighted by Gasteiger charge is -2.32. The smallest absolute Gasteiger partial charge is 0.241 e. The van der Waals surface area contributed by atoms with Crippen LogP contribution >= 0.6 is 0 Å². The maximum absolute atomic E-state index is 7.20. The lowest BCUT2D eigenvalue weighted by Crippen LogP contribution is -2.76. The molecule has 0 spiro atoms. The van der Waals surface area contributed by atoms with Crippen molar-refractivity contribution in [2.75, 3.05) is 0 Å². The summed E-state index contributed by atoms with van der Waals surface area (Å²) in [6.45, 7) is 0. The molecule has 20 heteroatoms. The van der Waals surface area contributed by atoms with E-state index in [4.69, 9.17) is 49.3 Å². The number of para-hydroxylation sites is 15. The summed E-state index contributed by atoms with van der Waals surface area (Å²) < 4.78 is 24.9. The molecule has 0 radical (unpaired) electrons. The molecule has 28 rings (SSSR count). The van der Waals surface area contributed by atoms with E-state index in [9.17, 15) is 0 Å². The molecule has 0 fully saturated rings. The van der Waals surface area contributed by atoms with E-state index < -0.39 is 16.1 Å². The molecular formula is C111H69N17OSi2. The van der Waals surface area contributed by atoms with Crippen LogP contribution in [0.15, 0.2) is 423 Å². The molecule has 0 aliphatic carbocycles. The molecule has 28 aromatic rings. The Bertz CT molecular complexity index is 9470. The molecule has 18 nitrogen and oxygen atoms in total. The Kier molecular flexibility index (Phi) is 15.5. The number of furan rings is 1. The zero-order valence-corrected chi connectivity index (χ0v) is 71.8. The lowest BCUT2D eigenvalue weighted by atomic mass is 10.0. The summed E-state index contributed by atoms with van der Waals surface area (Å²) in [7, 11) is -7.49. The Morgan fingerprint density at radius 1 is 0.198 bits per heavy atom. The van der Waals surface area contributed by atoms with Crippen LogP contribution in [0.3, 0.4) is 0 Å². The standard InChI is InChI=1S/C111H69N17OSi2/c1-5-32-73(33-6-1)130(74-34-7-2-8-35-74,77-64-62-72(63-65-77)121-87-47-19-13-40-78(87)79-41-14-20-48-88(79)121)107-117-103(115-104(118-107)126-97-55-27-24-52-94(97)123-91-50-22-17-45-84(91)112-109(123)126)122-89-49-21-15-42-80(89)83-68-70(60-66-90(83)122)71-61-67-93-86(69-71)114-111-125(93)96-54-26-29-57-99(96)128(111)106-116-105(127-98-56-28-25-53-95(98)124-92-51-23-18-46-85(92)113-110(124)127)119-108(120-106)131(75-36-9-3-10-37-75,76-38-11-4-12-39-76)101-59-31-44-82-81-43-16-30-58-100(81)129-102(82)101/h1-69H. The van der Waals surface area contributed by atoms with E-state index in [1.165, 1.54) is 10.8 Å². The van der Waals surface area contributed by atoms with Crippen LogP contribution < -0.4 is 42.0 Å². The van der Waals surface area contributed by atoms with Crippen LogP contribution in [0.4, 0.5) is 0 Å². The van der Waals surface area contributed by atoms with Crippen molar-refractivity contribution >= 4 is 207 Å². The lowest BCUT2D eigenvalue weighted by molar-refractivity contribution is 0.671. The van der Waals surface area contributed by atoms with Crippen molar-refractivity contribution in [1.82, 2.24) is 80.9 Å². The molecular weight excluding hydrogens is 1640 g/mol. The second-order valence-corrected chi connectivity index (χ2v) is 41.0. The zero-order chi connectivity index (χ0) is 85.7. The quantitative estimate of drug-likeness (QED) is 0.0755. The average molecular weight is 1710 g/mol. The molecule has 11 heterocycles. The van der Waals surface area contributed by atoms with Crippen LogP contribution in [0.1, 0.15) is 0 Å². The van der Waals surface area contributed by atoms with Crippen molar-refractivity contribution in [1.29, 1.82) is 0 Å². The van der Waals surface area contributed by atoms with Gasteiger partial charge in [-0.15, -0.1) is 0 Å². The van der Waals surface area contributed by atoms with Gasteiger partial charge in [0.2, 0.25) is 57.3 Å². The summed E-state index contributed by atoms with van der Waals surface area (Å²) in [4.78, 5) is 52.5. The van der Waals surface area contributed by atoms with E-state index in [1.807, 2.05) is 18.2 Å². The fourth-order valence-electron chi connectivity index (χ4n) is 21.3. The van der Waals surface area contributed by atoms with Gasteiger partial charge in [-0.2, -0.15) is 9.97 Å². The number of hydrogen-bond acceptors (Lipinski definition) is 10. The molecule has 0 unspecified atom stereocenters. The number of aromatic nitrogens is 17. The summed E-state index contributed by atoms with van der Waals surface area (Å²) in [5.41, 5.74) is 20.7. The Hall–Kier alpha value is -17.6. The van der Waals surface area contributed by atoms with Crippen LogP contribution in [-0.2, 0) is 0 Å². The van der Waals surface area contributed by atoms with Gasteiger partial charge < -0.3 is 8.98 Å². The van der Waals surface area contributed by atoms with E-state index in [0.29, 0.717) is 52.0 Å². The van der Waals surface area contributed by atoms with Gasteiger partial charge in [0.15, 0.2) is 0 Å². The van der Waals surface area contributed by atoms with Crippen molar-refractivity contribution in [2.45, 2.75) is 0 Å². The Balaban J connectivity index is 0.658. The van der Waals surface area contributed by atoms with Crippen LogP contribution in [0.5, 0.6) is 0 Å². The van der Waals surface area contributed by atoms with Gasteiger partial charge in [0.25, 0.3) is 0 Å². The summed E-state index contributed by atoms with van der Waals surface area (Å²) in [6, 6.07) is 149. The molecule has 0 amide bonds. The highest BCUT2D eigenvalue weighted by atomic mass is 28.3. The summed E-state index contributed by atoms with van der Waals surface area (Å²) in [5, 5.41) is 12.9. The zero-order valence-electron chi connectivity index (χ0n) is 69.8. The molecule has 131 heavy (non-hydrogen) atoms. The van der Waals surface area contributed by atoms with Crippen molar-refractivity contribution in [3.05, 3.63) is 419 Å². The first-order valence-electron chi connectivity index (χ1n) is 43.9. The molecule has 0 bridgehead atoms. The number of nitrogens with zero attached hydrogens (tertiary/aromatic N) is 17. The van der Waals surface area contributed by atoms with Crippen molar-refractivity contribution in [3.63, 3.8) is 0 Å². The highest BCUT2D eigenvalue weighted by Gasteiger charge is 2.49. The molecule has 11 aromatic heterocycles. The average Bonchev–Trinajstić information content (AvgIpc) is 1.60. The SMILES string of the molecule is c1ccc([Si](c2ccccc2)(c2ccc(-n3c4ccccc4c4ccccc43)cc2)c2nc(-n3c4ccccc4c4cc(-c5ccc6c(c5)nc5n(-c7nc(-n8c9ccccc9n9c%10ccccc%10nc89)nc([Si](c8ccccc8)(c8ccccc8)c8cccc9c8oc8ccccc89)n7)c7ccccc7n65)ccc43)nc(-n3c4ccccc4n4c5ccccc5nc34)n2)cc1. The summed E-state index contributed by atoms with van der Waals surface area (Å²) in [6.07, 6.45) is 0. The van der Waals surface area contributed by atoms with Gasteiger partial charge in [-0.1, -0.05) is 297 Å². The summed E-state index contributed by atoms with van der Waals surface area (Å²) in [5.74, 6) is 3.62. The Morgan fingerprint density at radius 3 is 1.02 bits per heavy atom. The van der Waals surface area contributed by atoms with Gasteiger partial charge in [0.05, 0.1) is 88.3 Å². The Morgan fingerprint density at radius 2 is 0.534 bits per heavy atom. The van der Waals surface area contributed by atoms with Crippen molar-refractivity contribution in [2.24, 2.45) is 0 Å². The monoisotopic (exact) mass is 1710 g/mol.